The molecule has 0 radical (unpaired) electrons. The first kappa shape index (κ1) is 17.2. The van der Waals surface area contributed by atoms with Crippen LogP contribution in [0.4, 0.5) is 0 Å². The molecule has 0 aromatic heterocycles. The van der Waals surface area contributed by atoms with Crippen molar-refractivity contribution in [3.63, 3.8) is 0 Å². The molecule has 1 aromatic rings. The fourth-order valence-corrected chi connectivity index (χ4v) is 4.04. The van der Waals surface area contributed by atoms with E-state index in [2.05, 4.69) is 5.32 Å². The van der Waals surface area contributed by atoms with E-state index in [4.69, 9.17) is 0 Å². The van der Waals surface area contributed by atoms with Crippen LogP contribution in [-0.2, 0) is 19.2 Å². The number of fused-ring (bicyclic) bond motifs is 1. The Morgan fingerprint density at radius 1 is 1.32 bits per heavy atom. The smallest absolute Gasteiger partial charge is 0.353 e. The molecule has 2 amide bonds. The number of aldehydes is 1. The number of benzene rings is 1. The van der Waals surface area contributed by atoms with Crippen molar-refractivity contribution in [3.05, 3.63) is 47.2 Å². The largest absolute Gasteiger partial charge is 0.477 e. The minimum absolute atomic E-state index is 0.0243. The van der Waals surface area contributed by atoms with Crippen LogP contribution in [0.1, 0.15) is 11.7 Å². The first-order valence-electron chi connectivity index (χ1n) is 7.35. The van der Waals surface area contributed by atoms with Crippen LogP contribution < -0.4 is 5.32 Å². The van der Waals surface area contributed by atoms with Gasteiger partial charge in [-0.1, -0.05) is 30.3 Å². The van der Waals surface area contributed by atoms with Crippen molar-refractivity contribution in [2.45, 2.75) is 17.5 Å². The highest BCUT2D eigenvalue weighted by molar-refractivity contribution is 8.00. The van der Waals surface area contributed by atoms with E-state index >= 15 is 0 Å². The predicted molar refractivity (Wildman–Crippen MR) is 87.2 cm³/mol. The Hall–Kier alpha value is -2.65. The topological polar surface area (TPSA) is 124 Å². The standard InChI is InChI=1S/C16H14N2O6S/c19-6-9-7-25-15-10(14(22)18(15)11(9)16(23)24)17-13(21)12(20)8-4-2-1-3-5-8/h1-6,10,12,15,20H,7H2,(H,17,21)(H,23,24)/t10-,12-,15-/m1/s1. The molecular formula is C16H14N2O6S. The lowest BCUT2D eigenvalue weighted by Gasteiger charge is -2.49. The highest BCUT2D eigenvalue weighted by atomic mass is 32.2. The molecule has 2 aliphatic rings. The molecule has 1 saturated heterocycles. The normalized spacial score (nSPS) is 23.4. The number of hydrogen-bond acceptors (Lipinski definition) is 6. The minimum Gasteiger partial charge on any atom is -0.477 e. The summed E-state index contributed by atoms with van der Waals surface area (Å²) in [6, 6.07) is 7.29. The number of carboxylic acids is 1. The Labute approximate surface area is 146 Å². The Bertz CT molecular complexity index is 778. The fourth-order valence-electron chi connectivity index (χ4n) is 2.75. The summed E-state index contributed by atoms with van der Waals surface area (Å²) in [5, 5.41) is 21.1. The molecule has 2 heterocycles. The molecule has 0 saturated carbocycles. The van der Waals surface area contributed by atoms with Crippen molar-refractivity contribution in [1.29, 1.82) is 0 Å². The quantitative estimate of drug-likeness (QED) is 0.483. The van der Waals surface area contributed by atoms with E-state index in [-0.39, 0.29) is 17.0 Å². The van der Waals surface area contributed by atoms with Gasteiger partial charge < -0.3 is 15.5 Å². The van der Waals surface area contributed by atoms with Crippen molar-refractivity contribution in [2.24, 2.45) is 0 Å². The summed E-state index contributed by atoms with van der Waals surface area (Å²) in [4.78, 5) is 47.8. The number of hydrogen-bond donors (Lipinski definition) is 3. The van der Waals surface area contributed by atoms with Crippen LogP contribution in [0.25, 0.3) is 0 Å². The maximum absolute atomic E-state index is 12.3. The van der Waals surface area contributed by atoms with Gasteiger partial charge in [0.05, 0.1) is 0 Å². The van der Waals surface area contributed by atoms with Crippen LogP contribution >= 0.6 is 11.8 Å². The lowest BCUT2D eigenvalue weighted by atomic mass is 10.0. The van der Waals surface area contributed by atoms with Crippen LogP contribution in [0, 0.1) is 0 Å². The van der Waals surface area contributed by atoms with Gasteiger partial charge in [0.15, 0.2) is 6.10 Å². The molecule has 0 aliphatic carbocycles. The van der Waals surface area contributed by atoms with Crippen LogP contribution in [0.5, 0.6) is 0 Å². The zero-order chi connectivity index (χ0) is 18.1. The van der Waals surface area contributed by atoms with Gasteiger partial charge in [-0.05, 0) is 5.56 Å². The number of aliphatic hydroxyl groups excluding tert-OH is 1. The van der Waals surface area contributed by atoms with Gasteiger partial charge in [0.1, 0.15) is 23.4 Å². The second kappa shape index (κ2) is 6.69. The number of aliphatic hydroxyl groups is 1. The molecule has 130 valence electrons. The van der Waals surface area contributed by atoms with Gasteiger partial charge >= 0.3 is 5.97 Å². The van der Waals surface area contributed by atoms with Gasteiger partial charge in [-0.3, -0.25) is 19.3 Å². The van der Waals surface area contributed by atoms with Crippen LogP contribution in [0.3, 0.4) is 0 Å². The van der Waals surface area contributed by atoms with Crippen molar-refractivity contribution in [1.82, 2.24) is 10.2 Å². The van der Waals surface area contributed by atoms with Gasteiger partial charge in [0.2, 0.25) is 0 Å². The second-order valence-corrected chi connectivity index (χ2v) is 6.61. The lowest BCUT2D eigenvalue weighted by Crippen LogP contribution is -2.70. The van der Waals surface area contributed by atoms with Crippen molar-refractivity contribution >= 4 is 35.8 Å². The zero-order valence-electron chi connectivity index (χ0n) is 12.8. The molecule has 0 unspecified atom stereocenters. The Kier molecular flexibility index (Phi) is 4.60. The summed E-state index contributed by atoms with van der Waals surface area (Å²) in [7, 11) is 0. The van der Waals surface area contributed by atoms with Crippen molar-refractivity contribution in [2.75, 3.05) is 5.75 Å². The third-order valence-electron chi connectivity index (χ3n) is 4.00. The number of nitrogens with zero attached hydrogens (tertiary/aromatic N) is 1. The summed E-state index contributed by atoms with van der Waals surface area (Å²) in [6.07, 6.45) is -1.01. The minimum atomic E-state index is -1.43. The van der Waals surface area contributed by atoms with Crippen LogP contribution in [-0.4, -0.2) is 56.4 Å². The molecule has 1 aromatic carbocycles. The number of rotatable bonds is 5. The van der Waals surface area contributed by atoms with Crippen LogP contribution in [0.15, 0.2) is 41.6 Å². The molecule has 25 heavy (non-hydrogen) atoms. The van der Waals surface area contributed by atoms with E-state index in [0.29, 0.717) is 11.8 Å². The number of nitrogens with one attached hydrogen (secondary N) is 1. The Balaban J connectivity index is 1.74. The Morgan fingerprint density at radius 2 is 2.00 bits per heavy atom. The molecule has 9 heteroatoms. The van der Waals surface area contributed by atoms with E-state index < -0.39 is 35.3 Å². The Morgan fingerprint density at radius 3 is 2.60 bits per heavy atom. The van der Waals surface area contributed by atoms with E-state index in [1.54, 1.807) is 30.3 Å². The first-order chi connectivity index (χ1) is 12.0. The van der Waals surface area contributed by atoms with E-state index in [1.807, 2.05) is 0 Å². The maximum Gasteiger partial charge on any atom is 0.353 e. The molecule has 3 N–H and O–H groups in total. The molecule has 0 spiro atoms. The average molecular weight is 362 g/mol. The number of thioether (sulfide) groups is 1. The summed E-state index contributed by atoms with van der Waals surface area (Å²) in [6.45, 7) is 0. The van der Waals surface area contributed by atoms with Crippen molar-refractivity contribution < 1.29 is 29.4 Å². The third-order valence-corrected chi connectivity index (χ3v) is 5.31. The van der Waals surface area contributed by atoms with Crippen LogP contribution in [0.2, 0.25) is 0 Å². The lowest BCUT2D eigenvalue weighted by molar-refractivity contribution is -0.151. The number of β-lactam (4-membered cyclic amide) rings is 1. The van der Waals surface area contributed by atoms with E-state index in [1.165, 1.54) is 11.8 Å². The second-order valence-electron chi connectivity index (χ2n) is 5.51. The third kappa shape index (κ3) is 2.92. The monoisotopic (exact) mass is 362 g/mol. The van der Waals surface area contributed by atoms with Gasteiger partial charge in [-0.15, -0.1) is 11.8 Å². The van der Waals surface area contributed by atoms with Gasteiger partial charge in [0, 0.05) is 11.3 Å². The molecule has 1 fully saturated rings. The number of carboxylic acid groups (broad SMARTS) is 1. The van der Waals surface area contributed by atoms with E-state index in [9.17, 15) is 29.4 Å². The highest BCUT2D eigenvalue weighted by Crippen LogP contribution is 2.39. The number of amides is 2. The van der Waals surface area contributed by atoms with Crippen molar-refractivity contribution in [3.8, 4) is 0 Å². The summed E-state index contributed by atoms with van der Waals surface area (Å²) >= 11 is 1.18. The zero-order valence-corrected chi connectivity index (χ0v) is 13.6. The van der Waals surface area contributed by atoms with E-state index in [0.717, 1.165) is 4.90 Å². The molecule has 3 atom stereocenters. The summed E-state index contributed by atoms with van der Waals surface area (Å²) in [5.74, 6) is -2.60. The molecule has 3 rings (SSSR count). The first-order valence-corrected chi connectivity index (χ1v) is 8.40. The molecule has 8 nitrogen and oxygen atoms in total. The van der Waals surface area contributed by atoms with Gasteiger partial charge in [-0.25, -0.2) is 4.79 Å². The number of aliphatic carboxylic acids is 1. The highest BCUT2D eigenvalue weighted by Gasteiger charge is 2.54. The predicted octanol–water partition coefficient (Wildman–Crippen LogP) is -0.342. The number of carbonyl (C=O) groups is 4. The molecule has 2 aliphatic heterocycles. The fraction of sp³-hybridized carbons (Fsp3) is 0.250. The average Bonchev–Trinajstić information content (AvgIpc) is 2.64. The molecular weight excluding hydrogens is 348 g/mol. The van der Waals surface area contributed by atoms with Gasteiger partial charge in [-0.2, -0.15) is 0 Å². The number of carbonyl (C=O) groups excluding carboxylic acids is 3. The molecule has 0 bridgehead atoms. The van der Waals surface area contributed by atoms with Gasteiger partial charge in [0.25, 0.3) is 11.8 Å². The summed E-state index contributed by atoms with van der Waals surface area (Å²) in [5.41, 5.74) is 0.0586. The summed E-state index contributed by atoms with van der Waals surface area (Å²) < 4.78 is 0. The SMILES string of the molecule is O=CC1=C(C(=O)O)N2C(=O)[C@@H](NC(=O)[C@H](O)c3ccccc3)[C@H]2SC1. The maximum atomic E-state index is 12.3.